The first-order valence-corrected chi connectivity index (χ1v) is 10.8. The van der Waals surface area contributed by atoms with E-state index in [0.29, 0.717) is 10.8 Å². The first kappa shape index (κ1) is 23.2. The minimum Gasteiger partial charge on any atom is -0.234 e. The van der Waals surface area contributed by atoms with Crippen LogP contribution in [0.2, 0.25) is 0 Å². The Balaban J connectivity index is 2.72. The Morgan fingerprint density at radius 3 is 1.77 bits per heavy atom. The monoisotopic (exact) mass is 363 g/mol. The maximum atomic E-state index is 2.57. The van der Waals surface area contributed by atoms with Crippen LogP contribution in [0.5, 0.6) is 0 Å². The summed E-state index contributed by atoms with van der Waals surface area (Å²) < 4.78 is 4.92. The number of imidazole rings is 1. The molecule has 0 amide bonds. The van der Waals surface area contributed by atoms with Crippen LogP contribution in [0.3, 0.4) is 0 Å². The van der Waals surface area contributed by atoms with Crippen molar-refractivity contribution in [2.24, 2.45) is 23.8 Å². The summed E-state index contributed by atoms with van der Waals surface area (Å²) in [6.07, 6.45) is 9.53. The van der Waals surface area contributed by atoms with Crippen molar-refractivity contribution in [1.29, 1.82) is 0 Å². The van der Waals surface area contributed by atoms with Crippen LogP contribution in [0.15, 0.2) is 0 Å². The Morgan fingerprint density at radius 2 is 1.31 bits per heavy atom. The van der Waals surface area contributed by atoms with Crippen LogP contribution in [-0.4, -0.2) is 4.57 Å². The van der Waals surface area contributed by atoms with Crippen LogP contribution in [0.4, 0.5) is 0 Å². The lowest BCUT2D eigenvalue weighted by molar-refractivity contribution is -0.683. The predicted molar refractivity (Wildman–Crippen MR) is 115 cm³/mol. The maximum Gasteiger partial charge on any atom is 0.253 e. The lowest BCUT2D eigenvalue weighted by atomic mass is 9.85. The van der Waals surface area contributed by atoms with E-state index in [1.165, 1.54) is 68.7 Å². The smallest absolute Gasteiger partial charge is 0.234 e. The Kier molecular flexibility index (Phi) is 8.42. The van der Waals surface area contributed by atoms with Crippen LogP contribution in [-0.2, 0) is 13.6 Å². The molecule has 0 fully saturated rings. The summed E-state index contributed by atoms with van der Waals surface area (Å²) in [5.74, 6) is 2.21. The third-order valence-electron chi connectivity index (χ3n) is 6.08. The third-order valence-corrected chi connectivity index (χ3v) is 6.08. The van der Waals surface area contributed by atoms with Crippen LogP contribution in [0.25, 0.3) is 0 Å². The molecule has 1 unspecified atom stereocenters. The molecule has 0 aliphatic heterocycles. The van der Waals surface area contributed by atoms with Gasteiger partial charge in [-0.05, 0) is 42.4 Å². The summed E-state index contributed by atoms with van der Waals surface area (Å²) in [7, 11) is 2.20. The number of nitrogens with zero attached hydrogens (tertiary/aromatic N) is 2. The highest BCUT2D eigenvalue weighted by molar-refractivity contribution is 5.06. The molecule has 1 rings (SSSR count). The molecule has 0 bridgehead atoms. The molecule has 1 heterocycles. The fraction of sp³-hybridized carbons (Fsp3) is 0.875. The van der Waals surface area contributed by atoms with Crippen molar-refractivity contribution >= 4 is 0 Å². The molecule has 1 aromatic heterocycles. The molecule has 152 valence electrons. The van der Waals surface area contributed by atoms with Gasteiger partial charge in [0.15, 0.2) is 0 Å². The fourth-order valence-electron chi connectivity index (χ4n) is 3.97. The lowest BCUT2D eigenvalue weighted by Crippen LogP contribution is -2.33. The zero-order valence-electron chi connectivity index (χ0n) is 19.6. The van der Waals surface area contributed by atoms with Crippen molar-refractivity contribution < 1.29 is 4.57 Å². The quantitative estimate of drug-likeness (QED) is 0.342. The summed E-state index contributed by atoms with van der Waals surface area (Å²) in [4.78, 5) is 0. The summed E-state index contributed by atoms with van der Waals surface area (Å²) in [5.41, 5.74) is 3.78. The largest absolute Gasteiger partial charge is 0.253 e. The molecule has 2 heteroatoms. The van der Waals surface area contributed by atoms with Gasteiger partial charge in [0, 0.05) is 20.8 Å². The van der Waals surface area contributed by atoms with E-state index in [1.54, 1.807) is 0 Å². The van der Waals surface area contributed by atoms with Crippen LogP contribution >= 0.6 is 0 Å². The molecule has 2 nitrogen and oxygen atoms in total. The standard InChI is InChI=1S/C24H47N2/c1-19-20(2)26(21(3)25(19)10)18-22(15-13-17-24(7,8)9)14-11-12-16-23(4,5)6/h22H,11-18H2,1-10H3/q+1. The number of rotatable bonds is 9. The molecule has 26 heavy (non-hydrogen) atoms. The van der Waals surface area contributed by atoms with Crippen LogP contribution in [0, 0.1) is 37.5 Å². The second-order valence-electron chi connectivity index (χ2n) is 11.0. The van der Waals surface area contributed by atoms with Gasteiger partial charge in [0.1, 0.15) is 11.4 Å². The van der Waals surface area contributed by atoms with Gasteiger partial charge in [-0.3, -0.25) is 0 Å². The number of hydrogen-bond acceptors (Lipinski definition) is 0. The summed E-state index contributed by atoms with van der Waals surface area (Å²) in [6.45, 7) is 22.2. The van der Waals surface area contributed by atoms with Gasteiger partial charge in [-0.2, -0.15) is 0 Å². The number of unbranched alkanes of at least 4 members (excludes halogenated alkanes) is 1. The predicted octanol–water partition coefficient (Wildman–Crippen LogP) is 6.68. The minimum absolute atomic E-state index is 0.457. The number of aromatic nitrogens is 2. The van der Waals surface area contributed by atoms with Crippen molar-refractivity contribution in [3.05, 3.63) is 17.2 Å². The molecule has 0 N–H and O–H groups in total. The van der Waals surface area contributed by atoms with Gasteiger partial charge in [-0.1, -0.05) is 60.8 Å². The van der Waals surface area contributed by atoms with E-state index in [9.17, 15) is 0 Å². The third kappa shape index (κ3) is 7.84. The van der Waals surface area contributed by atoms with Gasteiger partial charge in [-0.15, -0.1) is 0 Å². The minimum atomic E-state index is 0.457. The van der Waals surface area contributed by atoms with E-state index in [1.807, 2.05) is 0 Å². The first-order chi connectivity index (χ1) is 11.8. The zero-order valence-corrected chi connectivity index (χ0v) is 19.6. The van der Waals surface area contributed by atoms with Gasteiger partial charge in [0.05, 0.1) is 13.6 Å². The van der Waals surface area contributed by atoms with E-state index in [0.717, 1.165) is 5.92 Å². The van der Waals surface area contributed by atoms with Crippen molar-refractivity contribution in [3.63, 3.8) is 0 Å². The molecule has 0 aromatic carbocycles. The van der Waals surface area contributed by atoms with Gasteiger partial charge in [0.25, 0.3) is 5.82 Å². The fourth-order valence-corrected chi connectivity index (χ4v) is 3.97. The van der Waals surface area contributed by atoms with E-state index in [4.69, 9.17) is 0 Å². The van der Waals surface area contributed by atoms with E-state index in [2.05, 4.69) is 78.5 Å². The van der Waals surface area contributed by atoms with Gasteiger partial charge in [-0.25, -0.2) is 9.13 Å². The Labute approximate surface area is 164 Å². The molecular formula is C24H47N2+. The summed E-state index contributed by atoms with van der Waals surface area (Å²) >= 11 is 0. The second-order valence-corrected chi connectivity index (χ2v) is 11.0. The highest BCUT2D eigenvalue weighted by Gasteiger charge is 2.23. The van der Waals surface area contributed by atoms with E-state index in [-0.39, 0.29) is 0 Å². The van der Waals surface area contributed by atoms with Crippen molar-refractivity contribution in [2.75, 3.05) is 0 Å². The topological polar surface area (TPSA) is 8.81 Å². The van der Waals surface area contributed by atoms with Crippen molar-refractivity contribution in [2.45, 2.75) is 114 Å². The highest BCUT2D eigenvalue weighted by atomic mass is 15.2. The Hall–Kier alpha value is -0.790. The Bertz CT molecular complexity index is 527. The van der Waals surface area contributed by atoms with E-state index >= 15 is 0 Å². The molecule has 0 aliphatic rings. The molecule has 0 saturated heterocycles. The van der Waals surface area contributed by atoms with Crippen LogP contribution in [0.1, 0.15) is 104 Å². The zero-order chi connectivity index (χ0) is 20.1. The van der Waals surface area contributed by atoms with Gasteiger partial charge < -0.3 is 0 Å². The molecule has 0 spiro atoms. The molecule has 1 aromatic rings. The SMILES string of the molecule is Cc1c(C)[n+](C)c(C)n1CC(CCCCC(C)(C)C)CCCC(C)(C)C. The van der Waals surface area contributed by atoms with Crippen molar-refractivity contribution in [3.8, 4) is 0 Å². The van der Waals surface area contributed by atoms with Gasteiger partial charge >= 0.3 is 0 Å². The number of hydrogen-bond donors (Lipinski definition) is 0. The van der Waals surface area contributed by atoms with Crippen LogP contribution < -0.4 is 4.57 Å². The average molecular weight is 364 g/mol. The summed E-state index contributed by atoms with van der Waals surface area (Å²) in [5, 5.41) is 0. The normalized spacial score (nSPS) is 14.1. The molecule has 1 atom stereocenters. The van der Waals surface area contributed by atoms with Gasteiger partial charge in [0.2, 0.25) is 0 Å². The molecular weight excluding hydrogens is 316 g/mol. The average Bonchev–Trinajstić information content (AvgIpc) is 2.66. The van der Waals surface area contributed by atoms with Crippen molar-refractivity contribution in [1.82, 2.24) is 4.57 Å². The Morgan fingerprint density at radius 1 is 0.808 bits per heavy atom. The summed E-state index contributed by atoms with van der Waals surface area (Å²) in [6, 6.07) is 0. The molecule has 0 radical (unpaired) electrons. The molecule has 0 aliphatic carbocycles. The van der Waals surface area contributed by atoms with E-state index < -0.39 is 0 Å². The molecule has 0 saturated carbocycles. The highest BCUT2D eigenvalue weighted by Crippen LogP contribution is 2.28. The maximum absolute atomic E-state index is 2.57. The first-order valence-electron chi connectivity index (χ1n) is 10.8. The second kappa shape index (κ2) is 9.42. The lowest BCUT2D eigenvalue weighted by Gasteiger charge is -2.22.